The fraction of sp³-hybridized carbons (Fsp3) is 0.286. The third kappa shape index (κ3) is 2.05. The molecule has 0 unspecified atom stereocenters. The summed E-state index contributed by atoms with van der Waals surface area (Å²) in [5.74, 6) is -0.675. The molecule has 1 aromatic heterocycles. The van der Waals surface area contributed by atoms with E-state index in [4.69, 9.17) is 5.21 Å². The number of esters is 1. The van der Waals surface area contributed by atoms with E-state index in [0.717, 1.165) is 0 Å². The van der Waals surface area contributed by atoms with Crippen molar-refractivity contribution in [1.82, 2.24) is 10.2 Å². The molecule has 1 rings (SSSR count). The molecule has 0 radical (unpaired) electrons. The van der Waals surface area contributed by atoms with Gasteiger partial charge in [-0.15, -0.1) is 0 Å². The van der Waals surface area contributed by atoms with E-state index < -0.39 is 5.97 Å². The van der Waals surface area contributed by atoms with Gasteiger partial charge in [0.15, 0.2) is 5.71 Å². The molecule has 0 saturated carbocycles. The molecule has 70 valence electrons. The highest BCUT2D eigenvalue weighted by Gasteiger charge is 2.16. The number of nitrogens with one attached hydrogen (secondary N) is 1. The van der Waals surface area contributed by atoms with Crippen LogP contribution in [0.1, 0.15) is 12.5 Å². The maximum Gasteiger partial charge on any atom is 0.361 e. The number of aromatic amines is 1. The Hall–Kier alpha value is -1.85. The molecule has 1 aromatic rings. The molecule has 0 aliphatic heterocycles. The van der Waals surface area contributed by atoms with Crippen molar-refractivity contribution in [3.8, 4) is 0 Å². The minimum atomic E-state index is -0.675. The fourth-order valence-electron chi connectivity index (χ4n) is 0.796. The number of rotatable bonds is 3. The third-order valence-corrected chi connectivity index (χ3v) is 1.34. The van der Waals surface area contributed by atoms with Crippen LogP contribution in [0.4, 0.5) is 0 Å². The number of ether oxygens (including phenoxy) is 1. The van der Waals surface area contributed by atoms with Crippen LogP contribution in [0.3, 0.4) is 0 Å². The van der Waals surface area contributed by atoms with Gasteiger partial charge >= 0.3 is 5.97 Å². The van der Waals surface area contributed by atoms with Gasteiger partial charge in [0.05, 0.1) is 12.8 Å². The summed E-state index contributed by atoms with van der Waals surface area (Å²) >= 11 is 0. The lowest BCUT2D eigenvalue weighted by molar-refractivity contribution is -0.135. The molecule has 0 saturated heterocycles. The van der Waals surface area contributed by atoms with Crippen molar-refractivity contribution in [3.63, 3.8) is 0 Å². The van der Waals surface area contributed by atoms with Crippen LogP contribution in [0.15, 0.2) is 17.5 Å². The van der Waals surface area contributed by atoms with Crippen LogP contribution < -0.4 is 0 Å². The van der Waals surface area contributed by atoms with E-state index >= 15 is 0 Å². The van der Waals surface area contributed by atoms with E-state index in [9.17, 15) is 4.79 Å². The first-order valence-electron chi connectivity index (χ1n) is 3.68. The van der Waals surface area contributed by atoms with Gasteiger partial charge in [0.1, 0.15) is 0 Å². The number of aromatic nitrogens is 2. The standard InChI is InChI=1S/C7H9N3O3/c1-2-13-7(11)6(10-12)5-3-8-9-4-5/h3-4,12H,2H2,1H3,(H,8,9)/b10-6+. The second kappa shape index (κ2) is 4.24. The van der Waals surface area contributed by atoms with E-state index in [1.807, 2.05) is 0 Å². The van der Waals surface area contributed by atoms with Gasteiger partial charge in [-0.3, -0.25) is 5.10 Å². The number of hydrogen-bond donors (Lipinski definition) is 2. The van der Waals surface area contributed by atoms with Gasteiger partial charge in [-0.25, -0.2) is 4.79 Å². The molecule has 0 fully saturated rings. The number of carbonyl (C=O) groups is 1. The first-order valence-corrected chi connectivity index (χ1v) is 3.68. The molecule has 1 heterocycles. The number of oxime groups is 1. The van der Waals surface area contributed by atoms with E-state index in [0.29, 0.717) is 5.56 Å². The Morgan fingerprint density at radius 1 is 1.85 bits per heavy atom. The Bertz CT molecular complexity index is 305. The van der Waals surface area contributed by atoms with Gasteiger partial charge in [-0.2, -0.15) is 5.10 Å². The highest BCUT2D eigenvalue weighted by Crippen LogP contribution is 1.99. The molecule has 0 amide bonds. The maximum atomic E-state index is 11.1. The van der Waals surface area contributed by atoms with Crippen LogP contribution in [0.2, 0.25) is 0 Å². The second-order valence-corrected chi connectivity index (χ2v) is 2.16. The van der Waals surface area contributed by atoms with Gasteiger partial charge in [-0.05, 0) is 6.92 Å². The fourth-order valence-corrected chi connectivity index (χ4v) is 0.796. The zero-order valence-corrected chi connectivity index (χ0v) is 7.02. The molecule has 0 aromatic carbocycles. The highest BCUT2D eigenvalue weighted by molar-refractivity contribution is 6.43. The third-order valence-electron chi connectivity index (χ3n) is 1.34. The van der Waals surface area contributed by atoms with Crippen molar-refractivity contribution in [2.45, 2.75) is 6.92 Å². The Morgan fingerprint density at radius 3 is 3.08 bits per heavy atom. The largest absolute Gasteiger partial charge is 0.461 e. The van der Waals surface area contributed by atoms with E-state index in [-0.39, 0.29) is 12.3 Å². The molecule has 6 heteroatoms. The number of carbonyl (C=O) groups excluding carboxylic acids is 1. The van der Waals surface area contributed by atoms with Crippen molar-refractivity contribution >= 4 is 11.7 Å². The lowest BCUT2D eigenvalue weighted by Crippen LogP contribution is -2.18. The Balaban J connectivity index is 2.82. The van der Waals surface area contributed by atoms with Crippen LogP contribution in [0.25, 0.3) is 0 Å². The summed E-state index contributed by atoms with van der Waals surface area (Å²) in [5, 5.41) is 17.5. The summed E-state index contributed by atoms with van der Waals surface area (Å²) in [7, 11) is 0. The minimum absolute atomic E-state index is 0.157. The van der Waals surface area contributed by atoms with Gasteiger partial charge in [0.25, 0.3) is 0 Å². The molecular weight excluding hydrogens is 174 g/mol. The van der Waals surface area contributed by atoms with Crippen molar-refractivity contribution in [2.75, 3.05) is 6.61 Å². The number of nitrogens with zero attached hydrogens (tertiary/aromatic N) is 2. The van der Waals surface area contributed by atoms with Crippen LogP contribution in [0.5, 0.6) is 0 Å². The van der Waals surface area contributed by atoms with Gasteiger partial charge < -0.3 is 9.94 Å². The molecule has 13 heavy (non-hydrogen) atoms. The second-order valence-electron chi connectivity index (χ2n) is 2.16. The molecule has 0 aliphatic rings. The van der Waals surface area contributed by atoms with Crippen LogP contribution in [-0.4, -0.2) is 33.7 Å². The van der Waals surface area contributed by atoms with Crippen molar-refractivity contribution < 1.29 is 14.7 Å². The predicted molar refractivity (Wildman–Crippen MR) is 43.5 cm³/mol. The van der Waals surface area contributed by atoms with Crippen molar-refractivity contribution in [1.29, 1.82) is 0 Å². The molecule has 6 nitrogen and oxygen atoms in total. The first kappa shape index (κ1) is 9.24. The lowest BCUT2D eigenvalue weighted by Gasteiger charge is -2.00. The molecule has 0 aliphatic carbocycles. The maximum absolute atomic E-state index is 11.1. The van der Waals surface area contributed by atoms with Crippen LogP contribution in [0, 0.1) is 0 Å². The SMILES string of the molecule is CCOC(=O)/C(=N/O)c1cn[nH]c1. The molecule has 0 bridgehead atoms. The summed E-state index contributed by atoms with van der Waals surface area (Å²) in [6.45, 7) is 1.90. The first-order chi connectivity index (χ1) is 6.29. The van der Waals surface area contributed by atoms with E-state index in [1.165, 1.54) is 12.4 Å². The quantitative estimate of drug-likeness (QED) is 0.302. The normalized spacial score (nSPS) is 11.3. The average molecular weight is 183 g/mol. The Morgan fingerprint density at radius 2 is 2.62 bits per heavy atom. The Labute approximate surface area is 74.2 Å². The highest BCUT2D eigenvalue weighted by atomic mass is 16.5. The van der Waals surface area contributed by atoms with Crippen molar-refractivity contribution in [3.05, 3.63) is 18.0 Å². The summed E-state index contributed by atoms with van der Waals surface area (Å²) in [6.07, 6.45) is 2.80. The zero-order valence-electron chi connectivity index (χ0n) is 7.02. The smallest absolute Gasteiger partial charge is 0.361 e. The zero-order chi connectivity index (χ0) is 9.68. The van der Waals surface area contributed by atoms with E-state index in [2.05, 4.69) is 20.1 Å². The number of H-pyrrole nitrogens is 1. The van der Waals surface area contributed by atoms with Gasteiger partial charge in [0.2, 0.25) is 0 Å². The van der Waals surface area contributed by atoms with Gasteiger partial charge in [0, 0.05) is 11.8 Å². The average Bonchev–Trinajstić information content (AvgIpc) is 2.59. The summed E-state index contributed by atoms with van der Waals surface area (Å²) < 4.78 is 4.65. The molecule has 2 N–H and O–H groups in total. The summed E-state index contributed by atoms with van der Waals surface area (Å²) in [4.78, 5) is 11.1. The summed E-state index contributed by atoms with van der Waals surface area (Å²) in [5.41, 5.74) is 0.233. The molecular formula is C7H9N3O3. The van der Waals surface area contributed by atoms with Crippen LogP contribution >= 0.6 is 0 Å². The van der Waals surface area contributed by atoms with E-state index in [1.54, 1.807) is 6.92 Å². The number of hydrogen-bond acceptors (Lipinski definition) is 5. The monoisotopic (exact) mass is 183 g/mol. The topological polar surface area (TPSA) is 87.6 Å². The molecule has 0 spiro atoms. The van der Waals surface area contributed by atoms with Crippen molar-refractivity contribution in [2.24, 2.45) is 5.16 Å². The van der Waals surface area contributed by atoms with Crippen LogP contribution in [-0.2, 0) is 9.53 Å². The lowest BCUT2D eigenvalue weighted by atomic mass is 10.2. The minimum Gasteiger partial charge on any atom is -0.461 e. The summed E-state index contributed by atoms with van der Waals surface area (Å²) in [6, 6.07) is 0. The van der Waals surface area contributed by atoms with Gasteiger partial charge in [-0.1, -0.05) is 5.16 Å². The Kier molecular flexibility index (Phi) is 3.02. The predicted octanol–water partition coefficient (Wildman–Crippen LogP) is 0.151. The molecule has 0 atom stereocenters.